The van der Waals surface area contributed by atoms with Crippen LogP contribution in [0.1, 0.15) is 18.9 Å². The number of hydrogen-bond donors (Lipinski definition) is 2. The molecular weight excluding hydrogens is 218 g/mol. The first kappa shape index (κ1) is 13.5. The molecule has 0 radical (unpaired) electrons. The molecule has 1 aromatic carbocycles. The normalized spacial score (nSPS) is 12.1. The second kappa shape index (κ2) is 6.91. The van der Waals surface area contributed by atoms with Crippen molar-refractivity contribution >= 4 is 5.97 Å². The zero-order chi connectivity index (χ0) is 12.7. The van der Waals surface area contributed by atoms with Crippen LogP contribution in [0.5, 0.6) is 5.75 Å². The second-order valence-corrected chi connectivity index (χ2v) is 3.90. The molecule has 0 aliphatic heterocycles. The Morgan fingerprint density at radius 2 is 2.06 bits per heavy atom. The van der Waals surface area contributed by atoms with Crippen molar-refractivity contribution in [3.63, 3.8) is 0 Å². The molecule has 4 heteroatoms. The van der Waals surface area contributed by atoms with Gasteiger partial charge in [-0.15, -0.1) is 0 Å². The van der Waals surface area contributed by atoms with Gasteiger partial charge in [0.1, 0.15) is 11.8 Å². The predicted octanol–water partition coefficient (Wildman–Crippen LogP) is 1.48. The van der Waals surface area contributed by atoms with Gasteiger partial charge in [0.05, 0.1) is 7.11 Å². The van der Waals surface area contributed by atoms with Crippen LogP contribution in [0, 0.1) is 0 Å². The van der Waals surface area contributed by atoms with Crippen molar-refractivity contribution < 1.29 is 14.6 Å². The molecule has 0 saturated heterocycles. The van der Waals surface area contributed by atoms with E-state index < -0.39 is 0 Å². The molecule has 2 N–H and O–H groups in total. The fraction of sp³-hybridized carbons (Fsp3) is 0.462. The molecule has 0 aromatic heterocycles. The number of hydrogen-bond acceptors (Lipinski definition) is 4. The molecule has 0 saturated carbocycles. The zero-order valence-corrected chi connectivity index (χ0v) is 10.3. The number of phenols is 1. The minimum atomic E-state index is -0.329. The van der Waals surface area contributed by atoms with Crippen LogP contribution < -0.4 is 5.32 Å². The van der Waals surface area contributed by atoms with Crippen LogP contribution >= 0.6 is 0 Å². The van der Waals surface area contributed by atoms with Gasteiger partial charge in [-0.25, -0.2) is 0 Å². The summed E-state index contributed by atoms with van der Waals surface area (Å²) in [4.78, 5) is 11.6. The number of carbonyl (C=O) groups excluding carboxylic acids is 1. The Bertz CT molecular complexity index is 348. The first-order chi connectivity index (χ1) is 8.17. The molecule has 0 aliphatic carbocycles. The van der Waals surface area contributed by atoms with Gasteiger partial charge in [-0.1, -0.05) is 19.1 Å². The lowest BCUT2D eigenvalue weighted by atomic mass is 10.1. The summed E-state index contributed by atoms with van der Waals surface area (Å²) in [5.41, 5.74) is 0.988. The smallest absolute Gasteiger partial charge is 0.323 e. The van der Waals surface area contributed by atoms with Crippen LogP contribution in [0.15, 0.2) is 24.3 Å². The Morgan fingerprint density at radius 1 is 1.41 bits per heavy atom. The Labute approximate surface area is 102 Å². The highest BCUT2D eigenvalue weighted by atomic mass is 16.5. The Kier molecular flexibility index (Phi) is 5.49. The molecule has 0 heterocycles. The monoisotopic (exact) mass is 237 g/mol. The number of ether oxygens (including phenoxy) is 1. The lowest BCUT2D eigenvalue weighted by Crippen LogP contribution is -2.39. The lowest BCUT2D eigenvalue weighted by Gasteiger charge is -2.16. The number of aromatic hydroxyl groups is 1. The molecular formula is C13H19NO3. The van der Waals surface area contributed by atoms with Crippen LogP contribution in [0.3, 0.4) is 0 Å². The average Bonchev–Trinajstić information content (AvgIpc) is 2.36. The van der Waals surface area contributed by atoms with Crippen molar-refractivity contribution in [3.8, 4) is 5.75 Å². The van der Waals surface area contributed by atoms with E-state index in [9.17, 15) is 9.90 Å². The van der Waals surface area contributed by atoms with Crippen molar-refractivity contribution in [1.82, 2.24) is 5.32 Å². The number of rotatable bonds is 6. The number of methoxy groups -OCH3 is 1. The van der Waals surface area contributed by atoms with E-state index in [0.29, 0.717) is 6.42 Å². The number of carbonyl (C=O) groups is 1. The van der Waals surface area contributed by atoms with Crippen molar-refractivity contribution in [2.75, 3.05) is 13.7 Å². The highest BCUT2D eigenvalue weighted by Crippen LogP contribution is 2.11. The molecule has 0 spiro atoms. The van der Waals surface area contributed by atoms with Gasteiger partial charge >= 0.3 is 5.97 Å². The van der Waals surface area contributed by atoms with E-state index in [4.69, 9.17) is 4.74 Å². The van der Waals surface area contributed by atoms with Crippen LogP contribution in [0.25, 0.3) is 0 Å². The van der Waals surface area contributed by atoms with Gasteiger partial charge in [-0.05, 0) is 37.1 Å². The first-order valence-corrected chi connectivity index (χ1v) is 5.76. The second-order valence-electron chi connectivity index (χ2n) is 3.90. The summed E-state index contributed by atoms with van der Waals surface area (Å²) in [6.07, 6.45) is 1.52. The van der Waals surface area contributed by atoms with Gasteiger partial charge in [-0.2, -0.15) is 0 Å². The highest BCUT2D eigenvalue weighted by Gasteiger charge is 2.18. The van der Waals surface area contributed by atoms with E-state index in [1.807, 2.05) is 6.92 Å². The zero-order valence-electron chi connectivity index (χ0n) is 10.3. The summed E-state index contributed by atoms with van der Waals surface area (Å²) >= 11 is 0. The lowest BCUT2D eigenvalue weighted by molar-refractivity contribution is -0.143. The van der Waals surface area contributed by atoms with Crippen molar-refractivity contribution in [1.29, 1.82) is 0 Å². The fourth-order valence-corrected chi connectivity index (χ4v) is 1.57. The maximum Gasteiger partial charge on any atom is 0.323 e. The molecule has 1 atom stereocenters. The van der Waals surface area contributed by atoms with Gasteiger partial charge in [0, 0.05) is 0 Å². The fourth-order valence-electron chi connectivity index (χ4n) is 1.57. The average molecular weight is 237 g/mol. The minimum absolute atomic E-state index is 0.227. The molecule has 94 valence electrons. The van der Waals surface area contributed by atoms with Gasteiger partial charge < -0.3 is 15.2 Å². The molecule has 4 nitrogen and oxygen atoms in total. The third-order valence-corrected chi connectivity index (χ3v) is 2.50. The van der Waals surface area contributed by atoms with Crippen molar-refractivity contribution in [2.45, 2.75) is 25.8 Å². The topological polar surface area (TPSA) is 58.6 Å². The molecule has 1 aromatic rings. The molecule has 0 unspecified atom stereocenters. The molecule has 1 rings (SSSR count). The Morgan fingerprint density at radius 3 is 2.59 bits per heavy atom. The summed E-state index contributed by atoms with van der Waals surface area (Å²) in [5.74, 6) is -0.0311. The van der Waals surface area contributed by atoms with Crippen LogP contribution in [-0.4, -0.2) is 30.8 Å². The summed E-state index contributed by atoms with van der Waals surface area (Å²) in [6.45, 7) is 2.82. The maximum absolute atomic E-state index is 11.6. The standard InChI is InChI=1S/C13H19NO3/c1-3-8-14-12(13(16)17-2)9-10-4-6-11(15)7-5-10/h4-7,12,14-15H,3,8-9H2,1-2H3/t12-/m0/s1. The number of phenolic OH excluding ortho intramolecular Hbond substituents is 1. The number of nitrogens with one attached hydrogen (secondary N) is 1. The minimum Gasteiger partial charge on any atom is -0.508 e. The van der Waals surface area contributed by atoms with Gasteiger partial charge in [0.15, 0.2) is 0 Å². The van der Waals surface area contributed by atoms with Gasteiger partial charge in [-0.3, -0.25) is 4.79 Å². The van der Waals surface area contributed by atoms with Crippen LogP contribution in [-0.2, 0) is 16.0 Å². The maximum atomic E-state index is 11.6. The van der Waals surface area contributed by atoms with Crippen molar-refractivity contribution in [2.24, 2.45) is 0 Å². The molecule has 0 bridgehead atoms. The predicted molar refractivity (Wildman–Crippen MR) is 65.9 cm³/mol. The Hall–Kier alpha value is -1.55. The summed E-state index contributed by atoms with van der Waals surface area (Å²) in [6, 6.07) is 6.51. The third-order valence-electron chi connectivity index (χ3n) is 2.50. The summed E-state index contributed by atoms with van der Waals surface area (Å²) in [5, 5.41) is 12.3. The Balaban J connectivity index is 2.64. The molecule has 0 aliphatic rings. The van der Waals surface area contributed by atoms with E-state index in [0.717, 1.165) is 18.5 Å². The van der Waals surface area contributed by atoms with Gasteiger partial charge in [0.25, 0.3) is 0 Å². The molecule has 0 fully saturated rings. The largest absolute Gasteiger partial charge is 0.508 e. The van der Waals surface area contributed by atoms with Crippen molar-refractivity contribution in [3.05, 3.63) is 29.8 Å². The van der Waals surface area contributed by atoms with E-state index in [-0.39, 0.29) is 17.8 Å². The van der Waals surface area contributed by atoms with E-state index in [1.165, 1.54) is 7.11 Å². The van der Waals surface area contributed by atoms with E-state index in [1.54, 1.807) is 24.3 Å². The van der Waals surface area contributed by atoms with Gasteiger partial charge in [0.2, 0.25) is 0 Å². The number of benzene rings is 1. The summed E-state index contributed by atoms with van der Waals surface area (Å²) in [7, 11) is 1.39. The van der Waals surface area contributed by atoms with E-state index in [2.05, 4.69) is 5.32 Å². The van der Waals surface area contributed by atoms with Crippen LogP contribution in [0.4, 0.5) is 0 Å². The third kappa shape index (κ3) is 4.44. The van der Waals surface area contributed by atoms with E-state index >= 15 is 0 Å². The quantitative estimate of drug-likeness (QED) is 0.736. The number of esters is 1. The highest BCUT2D eigenvalue weighted by molar-refractivity contribution is 5.76. The summed E-state index contributed by atoms with van der Waals surface area (Å²) < 4.78 is 4.75. The van der Waals surface area contributed by atoms with Crippen LogP contribution in [0.2, 0.25) is 0 Å². The molecule has 17 heavy (non-hydrogen) atoms. The first-order valence-electron chi connectivity index (χ1n) is 5.76. The molecule has 0 amide bonds. The SMILES string of the molecule is CCCN[C@@H](Cc1ccc(O)cc1)C(=O)OC.